The van der Waals surface area contributed by atoms with Crippen molar-refractivity contribution in [3.63, 3.8) is 0 Å². The normalized spacial score (nSPS) is 47.8. The molecule has 372 valence electrons. The zero-order valence-corrected chi connectivity index (χ0v) is 45.5. The molecule has 4 heterocycles. The Hall–Kier alpha value is -2.06. The molecule has 8 nitrogen and oxygen atoms in total. The number of nitrogens with zero attached hydrogens (tertiary/aromatic N) is 2. The molecule has 0 radical (unpaired) electrons. The molecule has 14 unspecified atom stereocenters. The molecule has 4 aliphatic heterocycles. The first-order valence-corrected chi connectivity index (χ1v) is 27.7. The quantitative estimate of drug-likeness (QED) is 0.137. The number of nitrogens with one attached hydrogen (secondary N) is 1. The number of aliphatic hydroxyl groups is 2. The third kappa shape index (κ3) is 5.01. The molecule has 2 aromatic rings. The van der Waals surface area contributed by atoms with Crippen molar-refractivity contribution in [1.82, 2.24) is 10.2 Å². The molecular formula is C59H87N4O4P. The summed E-state index contributed by atoms with van der Waals surface area (Å²) < 4.78 is 14.2. The number of fused-ring (bicyclic) bond motifs is 4. The molecule has 15 aliphatic rings. The summed E-state index contributed by atoms with van der Waals surface area (Å²) in [4.78, 5) is 6.55. The van der Waals surface area contributed by atoms with E-state index in [1.165, 1.54) is 100 Å². The number of hydrogen-bond acceptors (Lipinski definition) is 8. The van der Waals surface area contributed by atoms with Gasteiger partial charge in [-0.15, -0.1) is 0 Å². The molecule has 0 aromatic heterocycles. The van der Waals surface area contributed by atoms with Crippen LogP contribution in [0, 0.1) is 64.1 Å². The summed E-state index contributed by atoms with van der Waals surface area (Å²) in [5.41, 5.74) is 13.2. The second-order valence-electron chi connectivity index (χ2n) is 28.5. The molecule has 6 spiro atoms. The Morgan fingerprint density at radius 2 is 1.22 bits per heavy atom. The lowest BCUT2D eigenvalue weighted by Crippen LogP contribution is -2.73. The van der Waals surface area contributed by atoms with Crippen molar-refractivity contribution in [3.8, 4) is 11.5 Å². The Bertz CT molecular complexity index is 2540. The second kappa shape index (κ2) is 13.6. The van der Waals surface area contributed by atoms with Gasteiger partial charge in [0.15, 0.2) is 0 Å². The van der Waals surface area contributed by atoms with Crippen molar-refractivity contribution < 1.29 is 19.7 Å². The highest BCUT2D eigenvalue weighted by Gasteiger charge is 2.92. The van der Waals surface area contributed by atoms with Crippen molar-refractivity contribution in [2.24, 2.45) is 61.0 Å². The minimum absolute atomic E-state index is 0.0105. The first-order valence-electron chi connectivity index (χ1n) is 27.1. The number of hydrogen-bond donors (Lipinski definition) is 4. The van der Waals surface area contributed by atoms with E-state index in [0.29, 0.717) is 23.2 Å². The maximum atomic E-state index is 12.2. The van der Waals surface area contributed by atoms with Gasteiger partial charge in [0, 0.05) is 86.3 Å². The van der Waals surface area contributed by atoms with Crippen LogP contribution in [-0.4, -0.2) is 88.3 Å². The average molecular weight is 947 g/mol. The van der Waals surface area contributed by atoms with E-state index in [9.17, 15) is 10.2 Å². The number of aliphatic imine (C=N–C) groups is 1. The number of likely N-dealkylation sites (tertiary alicyclic amines) is 1. The number of benzene rings is 2. The predicted molar refractivity (Wildman–Crippen MR) is 277 cm³/mol. The number of ether oxygens (including phenoxy) is 2. The third-order valence-corrected chi connectivity index (χ3v) is 24.5. The number of aryl methyl sites for hydroxylation is 2. The maximum Gasteiger partial charge on any atom is 0.126 e. The van der Waals surface area contributed by atoms with Crippen molar-refractivity contribution in [2.45, 2.75) is 218 Å². The van der Waals surface area contributed by atoms with Crippen LogP contribution < -0.4 is 20.5 Å². The second-order valence-corrected chi connectivity index (χ2v) is 28.8. The van der Waals surface area contributed by atoms with Crippen molar-refractivity contribution in [2.75, 3.05) is 20.6 Å². The standard InChI is InChI=1S/C30H41NO2.C26H35NO2.C2H6NP.CH5N/c1-17-7-10-19-13-29-16-30-21(19)22(17)33-24(30)26(5)11-12-28(30,23(29)31(29)15-18-8-9-18)14-20(26)27(6,32)25(2,3)4;1-14-7-8-15-11-25-13-26-17(15)18(14)29-20(26)22(5)9-10-24(26,19(25)27-25)12-16(22)23(6,28)21(2,3)4;1-3-2-4;1-2/h7,10,18,20,23-24,32H,8-9,11-16H2,1-6H3;7-8,16,19-20,27-28H,9-13H2,1-6H3;2H,4H2,1H3;2H2,1H3/t20?,23-,24?,26?,27?,28?,29?,30-,31?;16?,19-,20?,22?,23?,24?,25?,26-;;/m00../s1. The summed E-state index contributed by atoms with van der Waals surface area (Å²) in [5, 5.41) is 28.2. The van der Waals surface area contributed by atoms with Crippen LogP contribution >= 0.6 is 9.24 Å². The van der Waals surface area contributed by atoms with Gasteiger partial charge in [0.2, 0.25) is 0 Å². The van der Waals surface area contributed by atoms with E-state index < -0.39 is 11.2 Å². The number of nitrogens with two attached hydrogens (primary N) is 1. The fourth-order valence-corrected chi connectivity index (χ4v) is 20.3. The monoisotopic (exact) mass is 947 g/mol. The molecule has 9 heteroatoms. The topological polar surface area (TPSA) is 122 Å². The van der Waals surface area contributed by atoms with Crippen LogP contribution in [0.15, 0.2) is 29.3 Å². The molecule has 11 fully saturated rings. The first-order chi connectivity index (χ1) is 31.8. The van der Waals surface area contributed by atoms with E-state index >= 15 is 0 Å². The van der Waals surface area contributed by atoms with Crippen LogP contribution in [0.2, 0.25) is 0 Å². The molecule has 0 amide bonds. The lowest BCUT2D eigenvalue weighted by molar-refractivity contribution is -0.246. The summed E-state index contributed by atoms with van der Waals surface area (Å²) in [6, 6.07) is 10.7. The molecular weight excluding hydrogens is 860 g/mol. The highest BCUT2D eigenvalue weighted by Crippen LogP contribution is 2.88. The average Bonchev–Trinajstić information content (AvgIpc) is 4.21. The fraction of sp³-hybridized carbons (Fsp3) is 0.780. The van der Waals surface area contributed by atoms with Gasteiger partial charge < -0.3 is 30.7 Å². The van der Waals surface area contributed by atoms with Crippen molar-refractivity contribution in [1.29, 1.82) is 0 Å². The molecule has 2 aromatic carbocycles. The van der Waals surface area contributed by atoms with Gasteiger partial charge >= 0.3 is 0 Å². The van der Waals surface area contributed by atoms with Crippen LogP contribution in [0.3, 0.4) is 0 Å². The molecule has 11 aliphatic carbocycles. The largest absolute Gasteiger partial charge is 0.488 e. The van der Waals surface area contributed by atoms with Gasteiger partial charge in [-0.1, -0.05) is 88.9 Å². The minimum Gasteiger partial charge on any atom is -0.488 e. The van der Waals surface area contributed by atoms with Gasteiger partial charge in [-0.2, -0.15) is 0 Å². The predicted octanol–water partition coefficient (Wildman–Crippen LogP) is 9.75. The molecule has 68 heavy (non-hydrogen) atoms. The van der Waals surface area contributed by atoms with Crippen LogP contribution in [0.5, 0.6) is 11.5 Å². The zero-order chi connectivity index (χ0) is 48.8. The molecule has 8 bridgehead atoms. The third-order valence-electron chi connectivity index (χ3n) is 24.2. The van der Waals surface area contributed by atoms with Gasteiger partial charge in [-0.05, 0) is 163 Å². The Morgan fingerprint density at radius 1 is 0.750 bits per heavy atom. The van der Waals surface area contributed by atoms with Gasteiger partial charge in [0.05, 0.1) is 11.2 Å². The van der Waals surface area contributed by atoms with E-state index in [0.717, 1.165) is 18.8 Å². The maximum absolute atomic E-state index is 12.2. The van der Waals surface area contributed by atoms with Crippen molar-refractivity contribution in [3.05, 3.63) is 57.6 Å². The molecule has 18 atom stereocenters. The Labute approximate surface area is 411 Å². The Kier molecular flexibility index (Phi) is 9.37. The smallest absolute Gasteiger partial charge is 0.126 e. The summed E-state index contributed by atoms with van der Waals surface area (Å²) in [6.07, 6.45) is 15.5. The van der Waals surface area contributed by atoms with Crippen LogP contribution in [0.25, 0.3) is 0 Å². The van der Waals surface area contributed by atoms with Crippen LogP contribution in [-0.2, 0) is 23.7 Å². The summed E-state index contributed by atoms with van der Waals surface area (Å²) in [6.45, 7) is 28.4. The van der Waals surface area contributed by atoms with E-state index in [4.69, 9.17) is 9.47 Å². The van der Waals surface area contributed by atoms with Crippen LogP contribution in [0.1, 0.15) is 167 Å². The highest BCUT2D eigenvalue weighted by atomic mass is 31.0. The Morgan fingerprint density at radius 3 is 1.71 bits per heavy atom. The van der Waals surface area contributed by atoms with Crippen LogP contribution in [0.4, 0.5) is 0 Å². The lowest BCUT2D eigenvalue weighted by atomic mass is 9.35. The SMILES string of the molecule is CN.CN=CP.Cc1ccc2c3c1OC1C4(C)CCC5(CC4C(C)(O)C(C)(C)C)[C@@H]4N(CC6CC6)C4(C2)C[C@]315.Cc1ccc2c3c1OC1C4(C)CCC5(CC4C(C)(O)C(C)(C)C)[C@@H]4NC4(C2)C[C@]315. The summed E-state index contributed by atoms with van der Waals surface area (Å²) in [7, 11) is 5.59. The van der Waals surface area contributed by atoms with E-state index in [1.807, 2.05) is 0 Å². The van der Waals surface area contributed by atoms with Gasteiger partial charge in [0.1, 0.15) is 23.7 Å². The van der Waals surface area contributed by atoms with E-state index in [2.05, 4.69) is 138 Å². The lowest BCUT2D eigenvalue weighted by Gasteiger charge is -2.70. The summed E-state index contributed by atoms with van der Waals surface area (Å²) >= 11 is 0. The first kappa shape index (κ1) is 47.0. The minimum atomic E-state index is -0.717. The fourth-order valence-electron chi connectivity index (χ4n) is 20.3. The molecule has 2 saturated heterocycles. The highest BCUT2D eigenvalue weighted by molar-refractivity contribution is 7.36. The van der Waals surface area contributed by atoms with Crippen molar-refractivity contribution >= 4 is 15.2 Å². The van der Waals surface area contributed by atoms with E-state index in [-0.39, 0.29) is 67.4 Å². The molecule has 17 rings (SSSR count). The van der Waals surface area contributed by atoms with Gasteiger partial charge in [-0.3, -0.25) is 9.89 Å². The zero-order valence-electron chi connectivity index (χ0n) is 44.4. The number of rotatable bonds is 4. The van der Waals surface area contributed by atoms with Gasteiger partial charge in [-0.25, -0.2) is 0 Å². The molecule has 5 N–H and O–H groups in total. The van der Waals surface area contributed by atoms with E-state index in [1.54, 1.807) is 35.3 Å². The van der Waals surface area contributed by atoms with Gasteiger partial charge in [0.25, 0.3) is 0 Å². The Balaban J connectivity index is 0.000000128. The molecule has 9 saturated carbocycles. The summed E-state index contributed by atoms with van der Waals surface area (Å²) in [5.74, 6) is 5.57. The number of piperidine rings is 2.